The fourth-order valence-corrected chi connectivity index (χ4v) is 3.66. The number of rotatable bonds is 5. The van der Waals surface area contributed by atoms with Crippen molar-refractivity contribution in [1.29, 1.82) is 0 Å². The fourth-order valence-electron chi connectivity index (χ4n) is 3.66. The summed E-state index contributed by atoms with van der Waals surface area (Å²) in [5.74, 6) is 0.125. The van der Waals surface area contributed by atoms with Crippen LogP contribution in [0.4, 0.5) is 0 Å². The molecule has 1 aliphatic heterocycles. The van der Waals surface area contributed by atoms with Crippen molar-refractivity contribution in [2.75, 3.05) is 13.6 Å². The van der Waals surface area contributed by atoms with E-state index >= 15 is 0 Å². The summed E-state index contributed by atoms with van der Waals surface area (Å²) in [5, 5.41) is 8.73. The molecule has 1 fully saturated rings. The molecule has 0 radical (unpaired) electrons. The third-order valence-electron chi connectivity index (χ3n) is 5.16. The Morgan fingerprint density at radius 1 is 1.33 bits per heavy atom. The molecular formula is C19H28N4O. The molecule has 0 bridgehead atoms. The lowest BCUT2D eigenvalue weighted by atomic mass is 9.98. The van der Waals surface area contributed by atoms with Crippen molar-refractivity contribution >= 4 is 16.8 Å². The smallest absolute Gasteiger partial charge is 0.220 e. The Balaban J connectivity index is 1.55. The number of amides is 1. The zero-order chi connectivity index (χ0) is 17.1. The molecule has 1 amide bonds. The molecule has 1 aromatic carbocycles. The number of benzene rings is 1. The number of carbonyl (C=O) groups excluding carboxylic acids is 1. The maximum Gasteiger partial charge on any atom is 0.220 e. The van der Waals surface area contributed by atoms with Crippen LogP contribution in [0.5, 0.6) is 0 Å². The standard InChI is InChI=1S/C19H28N4O/c1-14-7-9-18-16(12-14)17(21-23(18)3)13-20-19(24)10-8-15-6-4-5-11-22(15)2/h7,9,12,15H,4-6,8,10-11,13H2,1-3H3,(H,20,24)/t15-/m1/s1. The average Bonchev–Trinajstić information content (AvgIpc) is 2.87. The number of likely N-dealkylation sites (tertiary alicyclic amines) is 1. The van der Waals surface area contributed by atoms with Crippen LogP contribution in [0.15, 0.2) is 18.2 Å². The topological polar surface area (TPSA) is 50.2 Å². The molecule has 5 nitrogen and oxygen atoms in total. The van der Waals surface area contributed by atoms with Gasteiger partial charge in [0.25, 0.3) is 0 Å². The van der Waals surface area contributed by atoms with Crippen molar-refractivity contribution in [2.24, 2.45) is 7.05 Å². The van der Waals surface area contributed by atoms with Crippen LogP contribution in [-0.2, 0) is 18.4 Å². The summed E-state index contributed by atoms with van der Waals surface area (Å²) in [6, 6.07) is 6.87. The van der Waals surface area contributed by atoms with Gasteiger partial charge < -0.3 is 10.2 Å². The van der Waals surface area contributed by atoms with Gasteiger partial charge in [-0.1, -0.05) is 18.1 Å². The third kappa shape index (κ3) is 3.78. The van der Waals surface area contributed by atoms with E-state index in [4.69, 9.17) is 0 Å². The average molecular weight is 328 g/mol. The number of aryl methyl sites for hydroxylation is 2. The van der Waals surface area contributed by atoms with Crippen molar-refractivity contribution < 1.29 is 4.79 Å². The lowest BCUT2D eigenvalue weighted by molar-refractivity contribution is -0.121. The number of aromatic nitrogens is 2. The summed E-state index contributed by atoms with van der Waals surface area (Å²) in [6.45, 7) is 3.74. The highest BCUT2D eigenvalue weighted by molar-refractivity contribution is 5.83. The van der Waals surface area contributed by atoms with Gasteiger partial charge in [-0.25, -0.2) is 0 Å². The van der Waals surface area contributed by atoms with Crippen molar-refractivity contribution in [2.45, 2.75) is 51.6 Å². The molecule has 2 heterocycles. The van der Waals surface area contributed by atoms with E-state index in [0.717, 1.165) is 29.6 Å². The molecule has 1 aliphatic rings. The molecule has 1 aromatic heterocycles. The fraction of sp³-hybridized carbons (Fsp3) is 0.579. The first kappa shape index (κ1) is 17.0. The van der Waals surface area contributed by atoms with Crippen LogP contribution in [0, 0.1) is 6.92 Å². The van der Waals surface area contributed by atoms with Crippen molar-refractivity contribution in [3.8, 4) is 0 Å². The number of piperidine rings is 1. The van der Waals surface area contributed by atoms with Crippen LogP contribution in [0.2, 0.25) is 0 Å². The van der Waals surface area contributed by atoms with Crippen molar-refractivity contribution in [3.63, 3.8) is 0 Å². The minimum absolute atomic E-state index is 0.125. The van der Waals surface area contributed by atoms with E-state index in [1.807, 2.05) is 11.7 Å². The van der Waals surface area contributed by atoms with Gasteiger partial charge in [-0.3, -0.25) is 9.48 Å². The Kier molecular flexibility index (Phi) is 5.19. The minimum Gasteiger partial charge on any atom is -0.350 e. The minimum atomic E-state index is 0.125. The monoisotopic (exact) mass is 328 g/mol. The van der Waals surface area contributed by atoms with Gasteiger partial charge in [0.1, 0.15) is 0 Å². The number of hydrogen-bond donors (Lipinski definition) is 1. The molecular weight excluding hydrogens is 300 g/mol. The molecule has 24 heavy (non-hydrogen) atoms. The first-order chi connectivity index (χ1) is 11.5. The van der Waals surface area contributed by atoms with Crippen LogP contribution < -0.4 is 5.32 Å². The molecule has 3 rings (SSSR count). The Bertz CT molecular complexity index is 721. The Labute approximate surface area is 144 Å². The lowest BCUT2D eigenvalue weighted by Crippen LogP contribution is -2.37. The van der Waals surface area contributed by atoms with Crippen LogP contribution >= 0.6 is 0 Å². The normalized spacial score (nSPS) is 18.9. The molecule has 0 unspecified atom stereocenters. The quantitative estimate of drug-likeness (QED) is 0.918. The summed E-state index contributed by atoms with van der Waals surface area (Å²) < 4.78 is 1.88. The summed E-state index contributed by atoms with van der Waals surface area (Å²) in [4.78, 5) is 14.6. The summed E-state index contributed by atoms with van der Waals surface area (Å²) >= 11 is 0. The molecule has 5 heteroatoms. The summed E-state index contributed by atoms with van der Waals surface area (Å²) in [7, 11) is 4.12. The number of fused-ring (bicyclic) bond motifs is 1. The number of nitrogens with one attached hydrogen (secondary N) is 1. The van der Waals surface area contributed by atoms with E-state index in [1.165, 1.54) is 24.8 Å². The highest BCUT2D eigenvalue weighted by Gasteiger charge is 2.19. The first-order valence-corrected chi connectivity index (χ1v) is 8.94. The van der Waals surface area contributed by atoms with Crippen molar-refractivity contribution in [1.82, 2.24) is 20.0 Å². The van der Waals surface area contributed by atoms with Crippen molar-refractivity contribution in [3.05, 3.63) is 29.5 Å². The number of nitrogens with zero attached hydrogens (tertiary/aromatic N) is 3. The molecule has 1 saturated heterocycles. The third-order valence-corrected chi connectivity index (χ3v) is 5.16. The van der Waals surface area contributed by atoms with Gasteiger partial charge in [-0.15, -0.1) is 0 Å². The van der Waals surface area contributed by atoms with Gasteiger partial charge in [-0.2, -0.15) is 5.10 Å². The number of hydrogen-bond acceptors (Lipinski definition) is 3. The van der Waals surface area contributed by atoms with Crippen LogP contribution in [0.1, 0.15) is 43.4 Å². The molecule has 130 valence electrons. The number of carbonyl (C=O) groups is 1. The Hall–Kier alpha value is -1.88. The van der Waals surface area contributed by atoms with Crippen LogP contribution in [-0.4, -0.2) is 40.2 Å². The lowest BCUT2D eigenvalue weighted by Gasteiger charge is -2.32. The predicted molar refractivity (Wildman–Crippen MR) is 96.8 cm³/mol. The predicted octanol–water partition coefficient (Wildman–Crippen LogP) is 2.76. The van der Waals surface area contributed by atoms with Gasteiger partial charge in [0.2, 0.25) is 5.91 Å². The van der Waals surface area contributed by atoms with Gasteiger partial charge >= 0.3 is 0 Å². The van der Waals surface area contributed by atoms with E-state index in [2.05, 4.69) is 47.5 Å². The second-order valence-corrected chi connectivity index (χ2v) is 7.04. The second kappa shape index (κ2) is 7.34. The zero-order valence-corrected chi connectivity index (χ0v) is 15.0. The Morgan fingerprint density at radius 2 is 2.17 bits per heavy atom. The van der Waals surface area contributed by atoms with Gasteiger partial charge in [0.15, 0.2) is 0 Å². The highest BCUT2D eigenvalue weighted by Crippen LogP contribution is 2.20. The van der Waals surface area contributed by atoms with E-state index in [-0.39, 0.29) is 5.91 Å². The molecule has 2 aromatic rings. The first-order valence-electron chi connectivity index (χ1n) is 8.94. The van der Waals surface area contributed by atoms with E-state index < -0.39 is 0 Å². The van der Waals surface area contributed by atoms with Crippen LogP contribution in [0.25, 0.3) is 10.9 Å². The SMILES string of the molecule is Cc1ccc2c(c1)c(CNC(=O)CC[C@H]1CCCCN1C)nn2C. The van der Waals surface area contributed by atoms with Crippen LogP contribution in [0.3, 0.4) is 0 Å². The van der Waals surface area contributed by atoms with E-state index in [1.54, 1.807) is 0 Å². The van der Waals surface area contributed by atoms with Gasteiger partial charge in [-0.05, 0) is 51.9 Å². The maximum atomic E-state index is 12.2. The maximum absolute atomic E-state index is 12.2. The van der Waals surface area contributed by atoms with E-state index in [9.17, 15) is 4.79 Å². The van der Waals surface area contributed by atoms with Gasteiger partial charge in [0, 0.05) is 24.9 Å². The molecule has 0 aliphatic carbocycles. The summed E-state index contributed by atoms with van der Waals surface area (Å²) in [5.41, 5.74) is 3.26. The summed E-state index contributed by atoms with van der Waals surface area (Å²) in [6.07, 6.45) is 5.33. The molecule has 0 spiro atoms. The molecule has 0 saturated carbocycles. The van der Waals surface area contributed by atoms with Gasteiger partial charge in [0.05, 0.1) is 17.8 Å². The highest BCUT2D eigenvalue weighted by atomic mass is 16.1. The molecule has 1 N–H and O–H groups in total. The van der Waals surface area contributed by atoms with E-state index in [0.29, 0.717) is 19.0 Å². The Morgan fingerprint density at radius 3 is 2.96 bits per heavy atom. The zero-order valence-electron chi connectivity index (χ0n) is 15.0. The largest absolute Gasteiger partial charge is 0.350 e. The molecule has 1 atom stereocenters. The second-order valence-electron chi connectivity index (χ2n) is 7.04.